The molecule has 0 radical (unpaired) electrons. The standard InChI is InChI=1S/C20H36N2O3S2/c1-7-9-16(4)17(23)11-12-21-18(24)10-8-13-26-27-20(5,6)14-22-19(25)15(2)3/h7,9,15-16H,8,10-14H2,1-6H3,(H,21,24)(H,22,25). The van der Waals surface area contributed by atoms with Crippen molar-refractivity contribution < 1.29 is 14.4 Å². The number of Topliss-reactive ketones (excluding diaryl/α,β-unsaturated/α-hetero) is 1. The van der Waals surface area contributed by atoms with E-state index in [0.717, 1.165) is 12.2 Å². The van der Waals surface area contributed by atoms with Gasteiger partial charge in [0.25, 0.3) is 0 Å². The minimum Gasteiger partial charge on any atom is -0.356 e. The summed E-state index contributed by atoms with van der Waals surface area (Å²) in [4.78, 5) is 35.3. The molecule has 2 N–H and O–H groups in total. The predicted molar refractivity (Wildman–Crippen MR) is 118 cm³/mol. The summed E-state index contributed by atoms with van der Waals surface area (Å²) in [5, 5.41) is 5.77. The van der Waals surface area contributed by atoms with Crippen LogP contribution in [0.5, 0.6) is 0 Å². The van der Waals surface area contributed by atoms with Crippen LogP contribution in [0.2, 0.25) is 0 Å². The normalized spacial score (nSPS) is 13.0. The average Bonchev–Trinajstić information content (AvgIpc) is 2.59. The van der Waals surface area contributed by atoms with Gasteiger partial charge in [-0.1, -0.05) is 54.5 Å². The molecule has 0 aromatic rings. The molecule has 7 heteroatoms. The summed E-state index contributed by atoms with van der Waals surface area (Å²) in [6.45, 7) is 12.8. The number of hydrogen-bond donors (Lipinski definition) is 2. The third-order valence-electron chi connectivity index (χ3n) is 3.81. The molecule has 1 unspecified atom stereocenters. The molecule has 0 spiro atoms. The van der Waals surface area contributed by atoms with Crippen LogP contribution in [-0.2, 0) is 14.4 Å². The van der Waals surface area contributed by atoms with E-state index >= 15 is 0 Å². The highest BCUT2D eigenvalue weighted by molar-refractivity contribution is 8.77. The minimum absolute atomic E-state index is 0.00131. The Bertz CT molecular complexity index is 505. The van der Waals surface area contributed by atoms with Gasteiger partial charge in [-0.2, -0.15) is 0 Å². The van der Waals surface area contributed by atoms with Gasteiger partial charge in [-0.15, -0.1) is 0 Å². The van der Waals surface area contributed by atoms with Gasteiger partial charge in [-0.05, 0) is 27.2 Å². The maximum atomic E-state index is 11.8. The number of rotatable bonds is 14. The molecule has 5 nitrogen and oxygen atoms in total. The third-order valence-corrected chi connectivity index (χ3v) is 7.19. The lowest BCUT2D eigenvalue weighted by Gasteiger charge is -2.24. The van der Waals surface area contributed by atoms with Gasteiger partial charge in [0.2, 0.25) is 11.8 Å². The van der Waals surface area contributed by atoms with Gasteiger partial charge in [0.1, 0.15) is 5.78 Å². The Morgan fingerprint density at radius 1 is 1.07 bits per heavy atom. The third kappa shape index (κ3) is 13.8. The van der Waals surface area contributed by atoms with Crippen LogP contribution in [0.15, 0.2) is 12.2 Å². The molecule has 27 heavy (non-hydrogen) atoms. The summed E-state index contributed by atoms with van der Waals surface area (Å²) in [5.74, 6) is 0.996. The van der Waals surface area contributed by atoms with Crippen molar-refractivity contribution >= 4 is 39.2 Å². The quantitative estimate of drug-likeness (QED) is 0.254. The molecule has 0 aliphatic heterocycles. The van der Waals surface area contributed by atoms with E-state index in [0.29, 0.717) is 25.9 Å². The van der Waals surface area contributed by atoms with Crippen LogP contribution in [-0.4, -0.2) is 41.2 Å². The Kier molecular flexibility index (Phi) is 13.6. The summed E-state index contributed by atoms with van der Waals surface area (Å²) in [7, 11) is 3.46. The van der Waals surface area contributed by atoms with Gasteiger partial charge in [-0.25, -0.2) is 0 Å². The van der Waals surface area contributed by atoms with Gasteiger partial charge < -0.3 is 10.6 Å². The topological polar surface area (TPSA) is 75.3 Å². The maximum Gasteiger partial charge on any atom is 0.222 e. The molecule has 0 aliphatic carbocycles. The summed E-state index contributed by atoms with van der Waals surface area (Å²) in [6.07, 6.45) is 5.38. The fraction of sp³-hybridized carbons (Fsp3) is 0.750. The first kappa shape index (κ1) is 26.1. The van der Waals surface area contributed by atoms with Crippen LogP contribution < -0.4 is 10.6 Å². The largest absolute Gasteiger partial charge is 0.356 e. The van der Waals surface area contributed by atoms with E-state index in [2.05, 4.69) is 24.5 Å². The van der Waals surface area contributed by atoms with Crippen LogP contribution in [0.4, 0.5) is 0 Å². The Morgan fingerprint density at radius 2 is 1.74 bits per heavy atom. The van der Waals surface area contributed by atoms with E-state index in [1.165, 1.54) is 0 Å². The first-order valence-electron chi connectivity index (χ1n) is 9.59. The highest BCUT2D eigenvalue weighted by atomic mass is 33.1. The fourth-order valence-corrected chi connectivity index (χ4v) is 4.60. The van der Waals surface area contributed by atoms with E-state index in [4.69, 9.17) is 0 Å². The monoisotopic (exact) mass is 416 g/mol. The van der Waals surface area contributed by atoms with Gasteiger partial charge in [0.05, 0.1) is 0 Å². The molecule has 0 fully saturated rings. The number of hydrogen-bond acceptors (Lipinski definition) is 5. The van der Waals surface area contributed by atoms with Crippen molar-refractivity contribution in [2.45, 2.75) is 65.6 Å². The molecule has 156 valence electrons. The molecule has 0 aromatic carbocycles. The molecule has 0 saturated carbocycles. The lowest BCUT2D eigenvalue weighted by molar-refractivity contribution is -0.124. The molecule has 0 aromatic heterocycles. The maximum absolute atomic E-state index is 11.8. The van der Waals surface area contributed by atoms with Crippen molar-refractivity contribution in [3.8, 4) is 0 Å². The Balaban J connectivity index is 3.81. The Morgan fingerprint density at radius 3 is 2.33 bits per heavy atom. The van der Waals surface area contributed by atoms with E-state index < -0.39 is 0 Å². The molecule has 2 amide bonds. The van der Waals surface area contributed by atoms with Crippen LogP contribution in [0, 0.1) is 11.8 Å². The van der Waals surface area contributed by atoms with Crippen molar-refractivity contribution in [1.29, 1.82) is 0 Å². The lowest BCUT2D eigenvalue weighted by atomic mass is 10.0. The number of carbonyl (C=O) groups excluding carboxylic acids is 3. The molecule has 0 aliphatic rings. The smallest absolute Gasteiger partial charge is 0.222 e. The summed E-state index contributed by atoms with van der Waals surface area (Å²) >= 11 is 0. The van der Waals surface area contributed by atoms with Crippen LogP contribution in [0.1, 0.15) is 60.8 Å². The van der Waals surface area contributed by atoms with Gasteiger partial charge in [-0.3, -0.25) is 14.4 Å². The minimum atomic E-state index is -0.0889. The molecule has 0 rings (SSSR count). The van der Waals surface area contributed by atoms with Gasteiger partial charge in [0, 0.05) is 48.3 Å². The van der Waals surface area contributed by atoms with Gasteiger partial charge in [0.15, 0.2) is 0 Å². The molecule has 1 atom stereocenters. The first-order valence-corrected chi connectivity index (χ1v) is 11.9. The van der Waals surface area contributed by atoms with Crippen LogP contribution in [0.25, 0.3) is 0 Å². The number of amides is 2. The SMILES string of the molecule is CC=CC(C)C(=O)CCNC(=O)CCCSSC(C)(C)CNC(=O)C(C)C. The van der Waals surface area contributed by atoms with Crippen LogP contribution in [0.3, 0.4) is 0 Å². The van der Waals surface area contributed by atoms with Crippen molar-refractivity contribution in [3.05, 3.63) is 12.2 Å². The van der Waals surface area contributed by atoms with Crippen molar-refractivity contribution in [2.24, 2.45) is 11.8 Å². The highest BCUT2D eigenvalue weighted by Crippen LogP contribution is 2.35. The fourth-order valence-electron chi connectivity index (χ4n) is 2.06. The summed E-state index contributed by atoms with van der Waals surface area (Å²) < 4.78 is -0.0541. The predicted octanol–water partition coefficient (Wildman–Crippen LogP) is 3.99. The number of allylic oxidation sites excluding steroid dienone is 2. The second-order valence-corrected chi connectivity index (χ2v) is 10.6. The summed E-state index contributed by atoms with van der Waals surface area (Å²) in [5.41, 5.74) is 0. The first-order chi connectivity index (χ1) is 12.6. The van der Waals surface area contributed by atoms with Crippen LogP contribution >= 0.6 is 21.6 Å². The van der Waals surface area contributed by atoms with Crippen molar-refractivity contribution in [3.63, 3.8) is 0 Å². The molecule has 0 bridgehead atoms. The number of ketones is 1. The number of nitrogens with one attached hydrogen (secondary N) is 2. The molecule has 0 heterocycles. The molecular weight excluding hydrogens is 380 g/mol. The van der Waals surface area contributed by atoms with E-state index in [1.807, 2.05) is 39.8 Å². The average molecular weight is 417 g/mol. The highest BCUT2D eigenvalue weighted by Gasteiger charge is 2.20. The lowest BCUT2D eigenvalue weighted by Crippen LogP contribution is -2.37. The second-order valence-electron chi connectivity index (χ2n) is 7.52. The van der Waals surface area contributed by atoms with Gasteiger partial charge >= 0.3 is 0 Å². The molecule has 0 saturated heterocycles. The second kappa shape index (κ2) is 14.1. The van der Waals surface area contributed by atoms with E-state index in [1.54, 1.807) is 21.6 Å². The zero-order chi connectivity index (χ0) is 20.9. The zero-order valence-corrected chi connectivity index (χ0v) is 19.2. The van der Waals surface area contributed by atoms with Crippen molar-refractivity contribution in [2.75, 3.05) is 18.8 Å². The van der Waals surface area contributed by atoms with E-state index in [-0.39, 0.29) is 34.2 Å². The summed E-state index contributed by atoms with van der Waals surface area (Å²) in [6, 6.07) is 0. The zero-order valence-electron chi connectivity index (χ0n) is 17.6. The van der Waals surface area contributed by atoms with E-state index in [9.17, 15) is 14.4 Å². The molecular formula is C20H36N2O3S2. The Hall–Kier alpha value is -0.950. The number of carbonyl (C=O) groups is 3. The Labute approximate surface area is 172 Å². The van der Waals surface area contributed by atoms with Crippen molar-refractivity contribution in [1.82, 2.24) is 10.6 Å².